The van der Waals surface area contributed by atoms with Gasteiger partial charge in [-0.25, -0.2) is 4.79 Å². The van der Waals surface area contributed by atoms with E-state index in [9.17, 15) is 9.59 Å². The van der Waals surface area contributed by atoms with Crippen LogP contribution in [-0.4, -0.2) is 31.6 Å². The number of anilines is 1. The molecule has 2 fully saturated rings. The van der Waals surface area contributed by atoms with Crippen LogP contribution in [0.3, 0.4) is 0 Å². The summed E-state index contributed by atoms with van der Waals surface area (Å²) in [6.07, 6.45) is 5.64. The molecule has 0 spiro atoms. The van der Waals surface area contributed by atoms with Gasteiger partial charge in [-0.05, 0) is 30.5 Å². The second-order valence-electron chi connectivity index (χ2n) is 5.71. The summed E-state index contributed by atoms with van der Waals surface area (Å²) < 4.78 is 0. The van der Waals surface area contributed by atoms with Gasteiger partial charge in [-0.1, -0.05) is 25.0 Å². The monoisotopic (exact) mass is 285 g/mol. The average Bonchev–Trinajstić information content (AvgIpc) is 2.98. The van der Waals surface area contributed by atoms with Crippen LogP contribution in [0.1, 0.15) is 31.2 Å². The summed E-state index contributed by atoms with van der Waals surface area (Å²) in [6, 6.07) is 7.90. The molecule has 21 heavy (non-hydrogen) atoms. The van der Waals surface area contributed by atoms with Crippen molar-refractivity contribution in [3.8, 4) is 0 Å². The summed E-state index contributed by atoms with van der Waals surface area (Å²) in [4.78, 5) is 28.7. The number of amides is 1. The van der Waals surface area contributed by atoms with Gasteiger partial charge in [0.1, 0.15) is 0 Å². The van der Waals surface area contributed by atoms with E-state index < -0.39 is 5.54 Å². The van der Waals surface area contributed by atoms with Crippen LogP contribution in [0.5, 0.6) is 0 Å². The standard InChI is InChI=1S/C16H19N3O2/c20-12-18-16(6-1-2-7-16)13-4-3-5-14(10-13)19-9-8-17-11-15(19)21/h3-5,10,17H,1-2,6-9,11H2. The van der Waals surface area contributed by atoms with Crippen LogP contribution in [0.4, 0.5) is 5.69 Å². The number of hydrogen-bond acceptors (Lipinski definition) is 4. The zero-order valence-electron chi connectivity index (χ0n) is 12.0. The Hall–Kier alpha value is -1.97. The number of hydrogen-bond donors (Lipinski definition) is 1. The van der Waals surface area contributed by atoms with Crippen LogP contribution in [0.25, 0.3) is 0 Å². The molecule has 1 N–H and O–H groups in total. The number of carbonyl (C=O) groups excluding carboxylic acids is 2. The van der Waals surface area contributed by atoms with Crippen molar-refractivity contribution in [1.29, 1.82) is 0 Å². The van der Waals surface area contributed by atoms with Crippen molar-refractivity contribution in [1.82, 2.24) is 5.32 Å². The molecule has 0 bridgehead atoms. The fourth-order valence-corrected chi connectivity index (χ4v) is 3.35. The molecule has 0 atom stereocenters. The third-order valence-electron chi connectivity index (χ3n) is 4.48. The van der Waals surface area contributed by atoms with Crippen LogP contribution in [-0.2, 0) is 15.1 Å². The van der Waals surface area contributed by atoms with E-state index in [0.717, 1.165) is 43.5 Å². The number of carbonyl (C=O) groups is 1. The first-order valence-corrected chi connectivity index (χ1v) is 7.46. The van der Waals surface area contributed by atoms with Crippen LogP contribution in [0.2, 0.25) is 0 Å². The molecule has 2 aliphatic rings. The maximum atomic E-state index is 12.0. The van der Waals surface area contributed by atoms with Crippen molar-refractivity contribution < 1.29 is 9.59 Å². The lowest BCUT2D eigenvalue weighted by Gasteiger charge is -2.29. The molecule has 1 amide bonds. The first-order valence-electron chi connectivity index (χ1n) is 7.46. The molecule has 1 aromatic carbocycles. The molecule has 1 aliphatic carbocycles. The maximum absolute atomic E-state index is 12.0. The highest BCUT2D eigenvalue weighted by molar-refractivity contribution is 5.95. The van der Waals surface area contributed by atoms with E-state index in [2.05, 4.69) is 10.3 Å². The van der Waals surface area contributed by atoms with Gasteiger partial charge >= 0.3 is 0 Å². The zero-order chi connectivity index (χ0) is 14.7. The number of isocyanates is 1. The third kappa shape index (κ3) is 2.62. The molecule has 3 rings (SSSR count). The maximum Gasteiger partial charge on any atom is 0.240 e. The van der Waals surface area contributed by atoms with Gasteiger partial charge in [0.15, 0.2) is 0 Å². The lowest BCUT2D eigenvalue weighted by Crippen LogP contribution is -2.48. The van der Waals surface area contributed by atoms with E-state index in [1.807, 2.05) is 24.3 Å². The first kappa shape index (κ1) is 14.0. The predicted molar refractivity (Wildman–Crippen MR) is 79.9 cm³/mol. The smallest absolute Gasteiger partial charge is 0.240 e. The van der Waals surface area contributed by atoms with E-state index in [0.29, 0.717) is 13.1 Å². The minimum absolute atomic E-state index is 0.0813. The first-order chi connectivity index (χ1) is 10.2. The van der Waals surface area contributed by atoms with Crippen molar-refractivity contribution in [3.63, 3.8) is 0 Å². The Kier molecular flexibility index (Phi) is 3.86. The molecule has 1 aromatic rings. The Labute approximate surface area is 124 Å². The molecule has 5 nitrogen and oxygen atoms in total. The van der Waals surface area contributed by atoms with Crippen LogP contribution in [0, 0.1) is 0 Å². The number of nitrogens with one attached hydrogen (secondary N) is 1. The molecule has 0 aromatic heterocycles. The second-order valence-corrected chi connectivity index (χ2v) is 5.71. The van der Waals surface area contributed by atoms with Crippen molar-refractivity contribution in [3.05, 3.63) is 29.8 Å². The molecule has 5 heteroatoms. The highest BCUT2D eigenvalue weighted by Crippen LogP contribution is 2.42. The second kappa shape index (κ2) is 5.80. The Morgan fingerprint density at radius 3 is 2.81 bits per heavy atom. The van der Waals surface area contributed by atoms with Gasteiger partial charge < -0.3 is 10.2 Å². The van der Waals surface area contributed by atoms with Gasteiger partial charge in [0.2, 0.25) is 12.0 Å². The van der Waals surface area contributed by atoms with Gasteiger partial charge in [0.25, 0.3) is 0 Å². The molecule has 1 aliphatic heterocycles. The number of aliphatic imine (C=N–C) groups is 1. The minimum Gasteiger partial charge on any atom is -0.310 e. The molecule has 1 saturated carbocycles. The SMILES string of the molecule is O=C=NC1(c2cccc(N3CCNCC3=O)c2)CCCC1. The number of nitrogens with zero attached hydrogens (tertiary/aromatic N) is 2. The number of rotatable bonds is 3. The molecule has 0 unspecified atom stereocenters. The lowest BCUT2D eigenvalue weighted by atomic mass is 9.88. The summed E-state index contributed by atoms with van der Waals surface area (Å²) in [5.74, 6) is 0.0813. The molecular formula is C16H19N3O2. The van der Waals surface area contributed by atoms with E-state index >= 15 is 0 Å². The number of benzene rings is 1. The summed E-state index contributed by atoms with van der Waals surface area (Å²) >= 11 is 0. The molecular weight excluding hydrogens is 266 g/mol. The van der Waals surface area contributed by atoms with Gasteiger partial charge in [-0.2, -0.15) is 4.99 Å². The number of piperazine rings is 1. The van der Waals surface area contributed by atoms with Crippen molar-refractivity contribution in [2.24, 2.45) is 4.99 Å². The highest BCUT2D eigenvalue weighted by Gasteiger charge is 2.36. The zero-order valence-corrected chi connectivity index (χ0v) is 12.0. The quantitative estimate of drug-likeness (QED) is 0.679. The predicted octanol–water partition coefficient (Wildman–Crippen LogP) is 1.73. The van der Waals surface area contributed by atoms with E-state index in [1.165, 1.54) is 0 Å². The topological polar surface area (TPSA) is 61.8 Å². The third-order valence-corrected chi connectivity index (χ3v) is 4.48. The van der Waals surface area contributed by atoms with Crippen molar-refractivity contribution >= 4 is 17.7 Å². The Morgan fingerprint density at radius 2 is 2.10 bits per heavy atom. The van der Waals surface area contributed by atoms with Gasteiger partial charge in [-0.15, -0.1) is 0 Å². The van der Waals surface area contributed by atoms with Crippen LogP contribution in [0.15, 0.2) is 29.3 Å². The minimum atomic E-state index is -0.436. The van der Waals surface area contributed by atoms with E-state index in [1.54, 1.807) is 11.0 Å². The van der Waals surface area contributed by atoms with E-state index in [4.69, 9.17) is 0 Å². The summed E-state index contributed by atoms with van der Waals surface area (Å²) in [5, 5.41) is 3.07. The largest absolute Gasteiger partial charge is 0.310 e. The normalized spacial score (nSPS) is 21.1. The lowest BCUT2D eigenvalue weighted by molar-refractivity contribution is -0.118. The van der Waals surface area contributed by atoms with Crippen LogP contribution >= 0.6 is 0 Å². The highest BCUT2D eigenvalue weighted by atomic mass is 16.2. The fourth-order valence-electron chi connectivity index (χ4n) is 3.35. The van der Waals surface area contributed by atoms with Crippen molar-refractivity contribution in [2.45, 2.75) is 31.2 Å². The fraction of sp³-hybridized carbons (Fsp3) is 0.500. The van der Waals surface area contributed by atoms with Gasteiger partial charge in [0, 0.05) is 18.8 Å². The Morgan fingerprint density at radius 1 is 1.29 bits per heavy atom. The summed E-state index contributed by atoms with van der Waals surface area (Å²) in [7, 11) is 0. The van der Waals surface area contributed by atoms with Crippen molar-refractivity contribution in [2.75, 3.05) is 24.5 Å². The van der Waals surface area contributed by atoms with Gasteiger partial charge in [0.05, 0.1) is 12.1 Å². The Bertz CT molecular complexity index is 587. The molecule has 0 radical (unpaired) electrons. The molecule has 1 saturated heterocycles. The van der Waals surface area contributed by atoms with Gasteiger partial charge in [-0.3, -0.25) is 4.79 Å². The van der Waals surface area contributed by atoms with E-state index in [-0.39, 0.29) is 5.91 Å². The van der Waals surface area contributed by atoms with Crippen LogP contribution < -0.4 is 10.2 Å². The Balaban J connectivity index is 1.95. The summed E-state index contributed by atoms with van der Waals surface area (Å²) in [6.45, 7) is 1.85. The average molecular weight is 285 g/mol. The molecule has 1 heterocycles. The molecule has 110 valence electrons. The summed E-state index contributed by atoms with van der Waals surface area (Å²) in [5.41, 5.74) is 1.48.